The summed E-state index contributed by atoms with van der Waals surface area (Å²) in [6, 6.07) is 5.29. The third kappa shape index (κ3) is 3.15. The number of amides is 1. The number of nitrogens with one attached hydrogen (secondary N) is 1. The minimum absolute atomic E-state index is 0.125. The van der Waals surface area contributed by atoms with Gasteiger partial charge in [-0.1, -0.05) is 11.6 Å². The zero-order chi connectivity index (χ0) is 14.9. The van der Waals surface area contributed by atoms with Crippen molar-refractivity contribution in [2.75, 3.05) is 0 Å². The first-order chi connectivity index (χ1) is 9.40. The minimum atomic E-state index is -0.125. The second-order valence-corrected chi connectivity index (χ2v) is 6.18. The summed E-state index contributed by atoms with van der Waals surface area (Å²) in [6.45, 7) is 4.40. The Morgan fingerprint density at radius 3 is 2.75 bits per heavy atom. The molecule has 0 aliphatic rings. The molecule has 0 aliphatic carbocycles. The van der Waals surface area contributed by atoms with Crippen LogP contribution in [0.15, 0.2) is 18.2 Å². The van der Waals surface area contributed by atoms with Crippen molar-refractivity contribution < 1.29 is 4.79 Å². The van der Waals surface area contributed by atoms with Crippen LogP contribution in [0.3, 0.4) is 0 Å². The fraction of sp³-hybridized carbons (Fsp3) is 0.286. The molecule has 0 saturated heterocycles. The predicted molar refractivity (Wildman–Crippen MR) is 88.0 cm³/mol. The van der Waals surface area contributed by atoms with E-state index in [-0.39, 0.29) is 5.91 Å². The number of carbonyl (C=O) groups is 1. The second-order valence-electron chi connectivity index (χ2n) is 4.58. The lowest BCUT2D eigenvalue weighted by molar-refractivity contribution is 0.0950. The summed E-state index contributed by atoms with van der Waals surface area (Å²) >= 11 is 8.06. The van der Waals surface area contributed by atoms with E-state index in [0.29, 0.717) is 17.1 Å². The Labute approximate surface area is 136 Å². The molecule has 1 aromatic heterocycles. The van der Waals surface area contributed by atoms with Gasteiger partial charge in [-0.05, 0) is 54.6 Å². The summed E-state index contributed by atoms with van der Waals surface area (Å²) in [7, 11) is 1.90. The van der Waals surface area contributed by atoms with Gasteiger partial charge in [0.2, 0.25) is 0 Å². The van der Waals surface area contributed by atoms with Crippen LogP contribution < -0.4 is 5.32 Å². The van der Waals surface area contributed by atoms with E-state index in [1.54, 1.807) is 12.1 Å². The quantitative estimate of drug-likeness (QED) is 0.800. The van der Waals surface area contributed by atoms with Crippen molar-refractivity contribution in [3.05, 3.63) is 49.3 Å². The third-order valence-corrected chi connectivity index (χ3v) is 4.43. The standard InChI is InChI=1S/C14H15ClIN3O/c1-8-12(9(2)19(3)18-8)7-17-14(20)11-6-10(15)4-5-13(11)16/h4-6H,7H2,1-3H3,(H,17,20). The fourth-order valence-electron chi connectivity index (χ4n) is 2.01. The van der Waals surface area contributed by atoms with Gasteiger partial charge in [-0.25, -0.2) is 0 Å². The molecule has 20 heavy (non-hydrogen) atoms. The van der Waals surface area contributed by atoms with Crippen molar-refractivity contribution in [2.24, 2.45) is 7.05 Å². The predicted octanol–water partition coefficient (Wildman–Crippen LogP) is 3.22. The SMILES string of the molecule is Cc1nn(C)c(C)c1CNC(=O)c1cc(Cl)ccc1I. The molecule has 6 heteroatoms. The lowest BCUT2D eigenvalue weighted by Crippen LogP contribution is -2.24. The monoisotopic (exact) mass is 403 g/mol. The average molecular weight is 404 g/mol. The second kappa shape index (κ2) is 6.13. The molecular weight excluding hydrogens is 389 g/mol. The van der Waals surface area contributed by atoms with Crippen LogP contribution in [-0.2, 0) is 13.6 Å². The van der Waals surface area contributed by atoms with Crippen molar-refractivity contribution in [3.63, 3.8) is 0 Å². The molecule has 1 amide bonds. The van der Waals surface area contributed by atoms with Crippen LogP contribution in [0.5, 0.6) is 0 Å². The van der Waals surface area contributed by atoms with Crippen molar-refractivity contribution in [3.8, 4) is 0 Å². The highest BCUT2D eigenvalue weighted by Crippen LogP contribution is 2.18. The number of aryl methyl sites for hydroxylation is 2. The highest BCUT2D eigenvalue weighted by atomic mass is 127. The highest BCUT2D eigenvalue weighted by Gasteiger charge is 2.13. The van der Waals surface area contributed by atoms with E-state index in [1.807, 2.05) is 31.6 Å². The van der Waals surface area contributed by atoms with Gasteiger partial charge < -0.3 is 5.32 Å². The van der Waals surface area contributed by atoms with Crippen LogP contribution in [0.2, 0.25) is 5.02 Å². The molecule has 0 radical (unpaired) electrons. The van der Waals surface area contributed by atoms with Crippen molar-refractivity contribution >= 4 is 40.1 Å². The van der Waals surface area contributed by atoms with Gasteiger partial charge in [-0.15, -0.1) is 0 Å². The molecule has 1 heterocycles. The zero-order valence-corrected chi connectivity index (χ0v) is 14.4. The van der Waals surface area contributed by atoms with Crippen LogP contribution in [0.4, 0.5) is 0 Å². The number of benzene rings is 1. The maximum Gasteiger partial charge on any atom is 0.252 e. The third-order valence-electron chi connectivity index (χ3n) is 3.26. The van der Waals surface area contributed by atoms with Crippen molar-refractivity contribution in [1.82, 2.24) is 15.1 Å². The van der Waals surface area contributed by atoms with Crippen LogP contribution in [0.25, 0.3) is 0 Å². The molecule has 0 saturated carbocycles. The van der Waals surface area contributed by atoms with Crippen LogP contribution in [0, 0.1) is 17.4 Å². The Morgan fingerprint density at radius 1 is 1.45 bits per heavy atom. The normalized spacial score (nSPS) is 10.7. The van der Waals surface area contributed by atoms with E-state index in [9.17, 15) is 4.79 Å². The first-order valence-electron chi connectivity index (χ1n) is 6.12. The van der Waals surface area contributed by atoms with E-state index >= 15 is 0 Å². The number of aromatic nitrogens is 2. The van der Waals surface area contributed by atoms with Crippen LogP contribution in [-0.4, -0.2) is 15.7 Å². The Bertz CT molecular complexity index is 667. The number of carbonyl (C=O) groups excluding carboxylic acids is 1. The Kier molecular flexibility index (Phi) is 4.70. The topological polar surface area (TPSA) is 46.9 Å². The molecule has 106 valence electrons. The molecule has 1 aromatic carbocycles. The number of halogens is 2. The van der Waals surface area contributed by atoms with Crippen LogP contribution >= 0.6 is 34.2 Å². The lowest BCUT2D eigenvalue weighted by atomic mass is 10.1. The molecule has 0 spiro atoms. The van der Waals surface area contributed by atoms with Gasteiger partial charge in [-0.3, -0.25) is 9.48 Å². The average Bonchev–Trinajstić information content (AvgIpc) is 2.64. The Hall–Kier alpha value is -1.08. The summed E-state index contributed by atoms with van der Waals surface area (Å²) in [5.41, 5.74) is 3.64. The van der Waals surface area contributed by atoms with Gasteiger partial charge in [0.15, 0.2) is 0 Å². The summed E-state index contributed by atoms with van der Waals surface area (Å²) in [5, 5.41) is 7.82. The van der Waals surface area contributed by atoms with E-state index in [1.165, 1.54) is 0 Å². The van der Waals surface area contributed by atoms with E-state index in [4.69, 9.17) is 11.6 Å². The number of hydrogen-bond acceptors (Lipinski definition) is 2. The van der Waals surface area contributed by atoms with Crippen molar-refractivity contribution in [2.45, 2.75) is 20.4 Å². The lowest BCUT2D eigenvalue weighted by Gasteiger charge is -2.08. The summed E-state index contributed by atoms with van der Waals surface area (Å²) in [6.07, 6.45) is 0. The molecule has 0 atom stereocenters. The van der Waals surface area contributed by atoms with Crippen LogP contribution in [0.1, 0.15) is 27.3 Å². The van der Waals surface area contributed by atoms with Gasteiger partial charge in [0.25, 0.3) is 5.91 Å². The molecule has 0 bridgehead atoms. The van der Waals surface area contributed by atoms with E-state index < -0.39 is 0 Å². The molecule has 4 nitrogen and oxygen atoms in total. The number of rotatable bonds is 3. The minimum Gasteiger partial charge on any atom is -0.348 e. The van der Waals surface area contributed by atoms with E-state index in [0.717, 1.165) is 20.5 Å². The smallest absolute Gasteiger partial charge is 0.252 e. The summed E-state index contributed by atoms with van der Waals surface area (Å²) in [4.78, 5) is 12.2. The molecule has 0 aliphatic heterocycles. The van der Waals surface area contributed by atoms with Gasteiger partial charge in [0.05, 0.1) is 11.3 Å². The summed E-state index contributed by atoms with van der Waals surface area (Å²) < 4.78 is 2.70. The highest BCUT2D eigenvalue weighted by molar-refractivity contribution is 14.1. The van der Waals surface area contributed by atoms with Gasteiger partial charge in [0, 0.05) is 33.4 Å². The molecule has 1 N–H and O–H groups in total. The molecule has 2 aromatic rings. The number of nitrogens with zero attached hydrogens (tertiary/aromatic N) is 2. The van der Waals surface area contributed by atoms with Crippen molar-refractivity contribution in [1.29, 1.82) is 0 Å². The molecule has 0 fully saturated rings. The maximum absolute atomic E-state index is 12.2. The number of hydrogen-bond donors (Lipinski definition) is 1. The van der Waals surface area contributed by atoms with Gasteiger partial charge in [-0.2, -0.15) is 5.10 Å². The molecule has 2 rings (SSSR count). The fourth-order valence-corrected chi connectivity index (χ4v) is 2.76. The van der Waals surface area contributed by atoms with Gasteiger partial charge >= 0.3 is 0 Å². The first kappa shape index (κ1) is 15.3. The first-order valence-corrected chi connectivity index (χ1v) is 7.58. The van der Waals surface area contributed by atoms with Gasteiger partial charge in [0.1, 0.15) is 0 Å². The van der Waals surface area contributed by atoms with E-state index in [2.05, 4.69) is 33.0 Å². The Morgan fingerprint density at radius 2 is 2.15 bits per heavy atom. The maximum atomic E-state index is 12.2. The summed E-state index contributed by atoms with van der Waals surface area (Å²) in [5.74, 6) is -0.125. The largest absolute Gasteiger partial charge is 0.348 e. The molecular formula is C14H15ClIN3O. The zero-order valence-electron chi connectivity index (χ0n) is 11.5. The molecule has 0 unspecified atom stereocenters. The Balaban J connectivity index is 2.15.